The number of allylic oxidation sites excluding steroid dienone is 1. The Bertz CT molecular complexity index is 931. The number of anilines is 1. The second kappa shape index (κ2) is 9.61. The second-order valence-electron chi connectivity index (χ2n) is 7.73. The predicted octanol–water partition coefficient (Wildman–Crippen LogP) is 5.49. The van der Waals surface area contributed by atoms with Gasteiger partial charge in [0.25, 0.3) is 11.8 Å². The van der Waals surface area contributed by atoms with E-state index in [4.69, 9.17) is 9.47 Å². The fraction of sp³-hybridized carbons (Fsp3) is 0.360. The Hall–Kier alpha value is -3.08. The largest absolute Gasteiger partial charge is 0.497 e. The van der Waals surface area contributed by atoms with Gasteiger partial charge < -0.3 is 9.47 Å². The number of para-hydroxylation sites is 1. The van der Waals surface area contributed by atoms with Crippen LogP contribution in [0.2, 0.25) is 0 Å². The van der Waals surface area contributed by atoms with E-state index in [-0.39, 0.29) is 17.7 Å². The summed E-state index contributed by atoms with van der Waals surface area (Å²) in [5, 5.41) is 0. The highest BCUT2D eigenvalue weighted by molar-refractivity contribution is 6.24. The highest BCUT2D eigenvalue weighted by Gasteiger charge is 2.40. The minimum absolute atomic E-state index is 0.0751. The van der Waals surface area contributed by atoms with Crippen molar-refractivity contribution in [2.45, 2.75) is 46.1 Å². The quantitative estimate of drug-likeness (QED) is 0.450. The maximum Gasteiger partial charge on any atom is 0.275 e. The van der Waals surface area contributed by atoms with Gasteiger partial charge in [-0.05, 0) is 42.7 Å². The lowest BCUT2D eigenvalue weighted by Crippen LogP contribution is -2.51. The zero-order valence-electron chi connectivity index (χ0n) is 18.1. The van der Waals surface area contributed by atoms with Crippen molar-refractivity contribution in [3.05, 3.63) is 59.7 Å². The van der Waals surface area contributed by atoms with E-state index >= 15 is 0 Å². The number of amides is 2. The maximum atomic E-state index is 13.3. The molecule has 158 valence electrons. The topological polar surface area (TPSA) is 55.8 Å². The number of benzene rings is 2. The summed E-state index contributed by atoms with van der Waals surface area (Å²) in [6.07, 6.45) is 6.62. The van der Waals surface area contributed by atoms with Gasteiger partial charge in [-0.15, -0.1) is 0 Å². The third-order valence-electron chi connectivity index (χ3n) is 5.14. The lowest BCUT2D eigenvalue weighted by Gasteiger charge is -2.35. The summed E-state index contributed by atoms with van der Waals surface area (Å²) in [5.41, 5.74) is 1.77. The van der Waals surface area contributed by atoms with Gasteiger partial charge in [-0.2, -0.15) is 0 Å². The molecule has 0 N–H and O–H groups in total. The first kappa shape index (κ1) is 21.6. The number of rotatable bonds is 7. The highest BCUT2D eigenvalue weighted by atomic mass is 16.5. The molecule has 3 rings (SSSR count). The molecule has 1 aliphatic rings. The second-order valence-corrected chi connectivity index (χ2v) is 7.73. The third kappa shape index (κ3) is 4.40. The Balaban J connectivity index is 2.03. The highest BCUT2D eigenvalue weighted by Crippen LogP contribution is 2.40. The van der Waals surface area contributed by atoms with E-state index in [0.29, 0.717) is 22.7 Å². The summed E-state index contributed by atoms with van der Waals surface area (Å²) in [4.78, 5) is 27.8. The van der Waals surface area contributed by atoms with Crippen LogP contribution < -0.4 is 14.4 Å². The van der Waals surface area contributed by atoms with Crippen molar-refractivity contribution in [2.24, 2.45) is 5.92 Å². The van der Waals surface area contributed by atoms with Crippen molar-refractivity contribution >= 4 is 23.6 Å². The van der Waals surface area contributed by atoms with Crippen LogP contribution in [-0.2, 0) is 4.79 Å². The van der Waals surface area contributed by atoms with Crippen molar-refractivity contribution in [3.8, 4) is 11.5 Å². The van der Waals surface area contributed by atoms with Crippen LogP contribution in [0.4, 0.5) is 5.69 Å². The zero-order valence-corrected chi connectivity index (χ0v) is 18.1. The first-order valence-electron chi connectivity index (χ1n) is 10.5. The monoisotopic (exact) mass is 407 g/mol. The van der Waals surface area contributed by atoms with E-state index in [1.165, 1.54) is 4.90 Å². The lowest BCUT2D eigenvalue weighted by atomic mass is 10.0. The van der Waals surface area contributed by atoms with Crippen molar-refractivity contribution in [1.29, 1.82) is 0 Å². The van der Waals surface area contributed by atoms with Crippen molar-refractivity contribution in [2.75, 3.05) is 12.0 Å². The predicted molar refractivity (Wildman–Crippen MR) is 119 cm³/mol. The Morgan fingerprint density at radius 2 is 1.93 bits per heavy atom. The molecule has 0 radical (unpaired) electrons. The number of methoxy groups -OCH3 is 1. The van der Waals surface area contributed by atoms with Crippen molar-refractivity contribution in [3.63, 3.8) is 0 Å². The standard InChI is InChI=1S/C25H29NO4/c1-5-6-7-8-10-18-11-9-12-21-23(18)30-22(17(2)3)25(28)26(21)24(27)19-13-15-20(29-4)16-14-19/h8-17,22H,5-7H2,1-4H3/b10-8+. The van der Waals surface area contributed by atoms with Crippen LogP contribution in [0.5, 0.6) is 11.5 Å². The zero-order chi connectivity index (χ0) is 21.7. The fourth-order valence-corrected chi connectivity index (χ4v) is 3.43. The van der Waals surface area contributed by atoms with Crippen LogP contribution in [0.25, 0.3) is 6.08 Å². The molecule has 0 bridgehead atoms. The average Bonchev–Trinajstić information content (AvgIpc) is 2.75. The van der Waals surface area contributed by atoms with Crippen molar-refractivity contribution < 1.29 is 19.1 Å². The van der Waals surface area contributed by atoms with E-state index in [9.17, 15) is 9.59 Å². The van der Waals surface area contributed by atoms with Gasteiger partial charge in [0.1, 0.15) is 5.75 Å². The number of imide groups is 1. The number of fused-ring (bicyclic) bond motifs is 1. The third-order valence-corrected chi connectivity index (χ3v) is 5.14. The molecule has 1 atom stereocenters. The minimum atomic E-state index is -0.718. The van der Waals surface area contributed by atoms with Crippen LogP contribution in [-0.4, -0.2) is 25.0 Å². The van der Waals surface area contributed by atoms with E-state index in [1.807, 2.05) is 32.1 Å². The normalized spacial score (nSPS) is 16.0. The van der Waals surface area contributed by atoms with Gasteiger partial charge in [0.15, 0.2) is 11.9 Å². The summed E-state index contributed by atoms with van der Waals surface area (Å²) in [6, 6.07) is 12.3. The summed E-state index contributed by atoms with van der Waals surface area (Å²) in [7, 11) is 1.57. The number of hydrogen-bond donors (Lipinski definition) is 0. The van der Waals surface area contributed by atoms with E-state index in [2.05, 4.69) is 13.0 Å². The van der Waals surface area contributed by atoms with Gasteiger partial charge in [0, 0.05) is 11.1 Å². The van der Waals surface area contributed by atoms with Gasteiger partial charge in [-0.3, -0.25) is 9.59 Å². The molecule has 0 saturated carbocycles. The maximum absolute atomic E-state index is 13.3. The molecule has 2 amide bonds. The summed E-state index contributed by atoms with van der Waals surface area (Å²) < 4.78 is 11.3. The Labute approximate surface area is 178 Å². The first-order valence-corrected chi connectivity index (χ1v) is 10.5. The molecular formula is C25H29NO4. The van der Waals surface area contributed by atoms with Crippen LogP contribution in [0, 0.1) is 5.92 Å². The van der Waals surface area contributed by atoms with E-state index < -0.39 is 6.10 Å². The van der Waals surface area contributed by atoms with Crippen LogP contribution in [0.15, 0.2) is 48.5 Å². The molecule has 1 heterocycles. The van der Waals surface area contributed by atoms with Gasteiger partial charge in [-0.1, -0.05) is 57.9 Å². The van der Waals surface area contributed by atoms with Crippen molar-refractivity contribution in [1.82, 2.24) is 0 Å². The molecule has 5 nitrogen and oxygen atoms in total. The molecule has 5 heteroatoms. The Morgan fingerprint density at radius 3 is 2.57 bits per heavy atom. The first-order chi connectivity index (χ1) is 14.5. The lowest BCUT2D eigenvalue weighted by molar-refractivity contribution is -0.127. The van der Waals surface area contributed by atoms with Gasteiger partial charge in [-0.25, -0.2) is 4.90 Å². The Morgan fingerprint density at radius 1 is 1.20 bits per heavy atom. The molecule has 1 unspecified atom stereocenters. The molecule has 1 aliphatic heterocycles. The minimum Gasteiger partial charge on any atom is -0.497 e. The smallest absolute Gasteiger partial charge is 0.275 e. The van der Waals surface area contributed by atoms with Gasteiger partial charge in [0.05, 0.1) is 12.8 Å². The molecule has 0 aliphatic carbocycles. The fourth-order valence-electron chi connectivity index (χ4n) is 3.43. The Kier molecular flexibility index (Phi) is 6.93. The van der Waals surface area contributed by atoms with E-state index in [0.717, 1.165) is 24.8 Å². The number of hydrogen-bond acceptors (Lipinski definition) is 4. The number of carbonyl (C=O) groups is 2. The molecule has 0 aromatic heterocycles. The molecule has 0 fully saturated rings. The van der Waals surface area contributed by atoms with Gasteiger partial charge >= 0.3 is 0 Å². The molecule has 2 aromatic carbocycles. The molecule has 2 aromatic rings. The number of carbonyl (C=O) groups excluding carboxylic acids is 2. The summed E-state index contributed by atoms with van der Waals surface area (Å²) in [5.74, 6) is 0.439. The number of unbranched alkanes of at least 4 members (excludes halogenated alkanes) is 2. The molecular weight excluding hydrogens is 378 g/mol. The summed E-state index contributed by atoms with van der Waals surface area (Å²) in [6.45, 7) is 6.00. The molecule has 0 spiro atoms. The van der Waals surface area contributed by atoms with Crippen LogP contribution >= 0.6 is 0 Å². The number of nitrogens with zero attached hydrogens (tertiary/aromatic N) is 1. The molecule has 30 heavy (non-hydrogen) atoms. The summed E-state index contributed by atoms with van der Waals surface area (Å²) >= 11 is 0. The van der Waals surface area contributed by atoms with Crippen LogP contribution in [0.3, 0.4) is 0 Å². The number of ether oxygens (including phenoxy) is 2. The SMILES string of the molecule is CCCC/C=C/c1cccc2c1OC(C(C)C)C(=O)N2C(=O)c1ccc(OC)cc1. The van der Waals surface area contributed by atoms with Crippen LogP contribution in [0.1, 0.15) is 56.0 Å². The van der Waals surface area contributed by atoms with Gasteiger partial charge in [0.2, 0.25) is 0 Å². The van der Waals surface area contributed by atoms with E-state index in [1.54, 1.807) is 37.4 Å². The molecule has 0 saturated heterocycles. The average molecular weight is 408 g/mol.